The highest BCUT2D eigenvalue weighted by molar-refractivity contribution is 5.76. The number of aryl methyl sites for hydroxylation is 2. The van der Waals surface area contributed by atoms with Gasteiger partial charge in [0.15, 0.2) is 0 Å². The Morgan fingerprint density at radius 1 is 1.33 bits per heavy atom. The summed E-state index contributed by atoms with van der Waals surface area (Å²) in [6, 6.07) is 0.314. The molecule has 0 spiro atoms. The zero-order valence-corrected chi connectivity index (χ0v) is 13.9. The van der Waals surface area contributed by atoms with E-state index in [1.54, 1.807) is 0 Å². The van der Waals surface area contributed by atoms with Crippen LogP contribution in [0.3, 0.4) is 0 Å². The van der Waals surface area contributed by atoms with E-state index in [1.807, 2.05) is 18.7 Å². The molecule has 1 aromatic heterocycles. The van der Waals surface area contributed by atoms with Crippen molar-refractivity contribution in [3.05, 3.63) is 17.0 Å². The van der Waals surface area contributed by atoms with Gasteiger partial charge in [-0.3, -0.25) is 9.48 Å². The van der Waals surface area contributed by atoms with Gasteiger partial charge in [0, 0.05) is 25.2 Å². The van der Waals surface area contributed by atoms with E-state index >= 15 is 0 Å². The molecular weight excluding hydrogens is 262 g/mol. The average Bonchev–Trinajstić information content (AvgIpc) is 2.71. The lowest BCUT2D eigenvalue weighted by molar-refractivity contribution is -0.122. The summed E-state index contributed by atoms with van der Waals surface area (Å²) in [4.78, 5) is 12.2. The van der Waals surface area contributed by atoms with Crippen LogP contribution in [0.15, 0.2) is 0 Å². The van der Waals surface area contributed by atoms with E-state index in [0.717, 1.165) is 12.1 Å². The quantitative estimate of drug-likeness (QED) is 0.906. The molecule has 0 aromatic carbocycles. The minimum atomic E-state index is 0.177. The first kappa shape index (κ1) is 16.1. The van der Waals surface area contributed by atoms with Crippen LogP contribution >= 0.6 is 0 Å². The predicted molar refractivity (Wildman–Crippen MR) is 85.2 cm³/mol. The zero-order valence-electron chi connectivity index (χ0n) is 13.9. The van der Waals surface area contributed by atoms with E-state index in [4.69, 9.17) is 0 Å². The summed E-state index contributed by atoms with van der Waals surface area (Å²) in [5.41, 5.74) is 3.43. The summed E-state index contributed by atoms with van der Waals surface area (Å²) >= 11 is 0. The Kier molecular flexibility index (Phi) is 5.43. The van der Waals surface area contributed by atoms with Crippen molar-refractivity contribution in [2.75, 3.05) is 0 Å². The number of nitrogens with one attached hydrogen (secondary N) is 1. The molecule has 0 saturated heterocycles. The highest BCUT2D eigenvalue weighted by Gasteiger charge is 2.21. The molecule has 1 fully saturated rings. The fraction of sp³-hybridized carbons (Fsp3) is 0.765. The molecule has 0 radical (unpaired) electrons. The number of hydrogen-bond acceptors (Lipinski definition) is 2. The number of amides is 1. The predicted octanol–water partition coefficient (Wildman–Crippen LogP) is 3.05. The first-order chi connectivity index (χ1) is 9.99. The van der Waals surface area contributed by atoms with Gasteiger partial charge in [0.05, 0.1) is 5.69 Å². The summed E-state index contributed by atoms with van der Waals surface area (Å²) in [6.07, 6.45) is 7.87. The van der Waals surface area contributed by atoms with Crippen LogP contribution in [0.5, 0.6) is 0 Å². The van der Waals surface area contributed by atoms with Crippen LogP contribution < -0.4 is 5.32 Å². The topological polar surface area (TPSA) is 46.9 Å². The van der Waals surface area contributed by atoms with Crippen molar-refractivity contribution in [3.8, 4) is 0 Å². The Hall–Kier alpha value is -1.32. The van der Waals surface area contributed by atoms with E-state index < -0.39 is 0 Å². The fourth-order valence-electron chi connectivity index (χ4n) is 3.50. The summed E-state index contributed by atoms with van der Waals surface area (Å²) < 4.78 is 1.90. The van der Waals surface area contributed by atoms with E-state index in [2.05, 4.69) is 24.3 Å². The molecule has 0 aliphatic heterocycles. The van der Waals surface area contributed by atoms with E-state index in [-0.39, 0.29) is 5.91 Å². The fourth-order valence-corrected chi connectivity index (χ4v) is 3.50. The van der Waals surface area contributed by atoms with Crippen molar-refractivity contribution >= 4 is 5.91 Å². The maximum absolute atomic E-state index is 12.2. The summed E-state index contributed by atoms with van der Waals surface area (Å²) in [5, 5.41) is 7.61. The standard InChI is InChI=1S/C17H29N3O/c1-12(15-8-6-5-7-9-15)18-17(21)11-10-16-13(2)19-20(4)14(16)3/h12,15H,5-11H2,1-4H3,(H,18,21)/t12-/m1/s1. The second-order valence-electron chi connectivity index (χ2n) is 6.53. The normalized spacial score (nSPS) is 17.7. The third-order valence-electron chi connectivity index (χ3n) is 5.01. The Balaban J connectivity index is 1.81. The molecule has 1 amide bonds. The first-order valence-corrected chi connectivity index (χ1v) is 8.27. The molecule has 1 aliphatic rings. The van der Waals surface area contributed by atoms with Crippen molar-refractivity contribution in [1.29, 1.82) is 0 Å². The van der Waals surface area contributed by atoms with Crippen LogP contribution in [0.1, 0.15) is 62.4 Å². The molecular formula is C17H29N3O. The number of nitrogens with zero attached hydrogens (tertiary/aromatic N) is 2. The smallest absolute Gasteiger partial charge is 0.220 e. The Morgan fingerprint density at radius 3 is 2.57 bits per heavy atom. The third kappa shape index (κ3) is 4.08. The van der Waals surface area contributed by atoms with Crippen LogP contribution in [0.2, 0.25) is 0 Å². The number of rotatable bonds is 5. The van der Waals surface area contributed by atoms with Crippen LogP contribution in [-0.2, 0) is 18.3 Å². The van der Waals surface area contributed by atoms with Gasteiger partial charge in [-0.05, 0) is 51.5 Å². The molecule has 1 aliphatic carbocycles. The molecule has 118 valence electrons. The molecule has 0 bridgehead atoms. The van der Waals surface area contributed by atoms with Crippen molar-refractivity contribution in [1.82, 2.24) is 15.1 Å². The van der Waals surface area contributed by atoms with Gasteiger partial charge in [0.2, 0.25) is 5.91 Å². The van der Waals surface area contributed by atoms with Crippen LogP contribution in [-0.4, -0.2) is 21.7 Å². The molecule has 2 rings (SSSR count). The highest BCUT2D eigenvalue weighted by atomic mass is 16.1. The Labute approximate surface area is 128 Å². The minimum Gasteiger partial charge on any atom is -0.353 e. The lowest BCUT2D eigenvalue weighted by atomic mass is 9.84. The molecule has 1 atom stereocenters. The Morgan fingerprint density at radius 2 is 2.00 bits per heavy atom. The molecule has 1 saturated carbocycles. The molecule has 4 heteroatoms. The van der Waals surface area contributed by atoms with Gasteiger partial charge >= 0.3 is 0 Å². The maximum Gasteiger partial charge on any atom is 0.220 e. The van der Waals surface area contributed by atoms with E-state index in [0.29, 0.717) is 18.4 Å². The Bertz CT molecular complexity index is 486. The number of hydrogen-bond donors (Lipinski definition) is 1. The second kappa shape index (κ2) is 7.10. The minimum absolute atomic E-state index is 0.177. The lowest BCUT2D eigenvalue weighted by Gasteiger charge is -2.28. The summed E-state index contributed by atoms with van der Waals surface area (Å²) in [6.45, 7) is 6.25. The van der Waals surface area contributed by atoms with Crippen molar-refractivity contribution in [3.63, 3.8) is 0 Å². The zero-order chi connectivity index (χ0) is 15.4. The van der Waals surface area contributed by atoms with Crippen molar-refractivity contribution < 1.29 is 4.79 Å². The van der Waals surface area contributed by atoms with Crippen molar-refractivity contribution in [2.45, 2.75) is 71.8 Å². The van der Waals surface area contributed by atoms with Gasteiger partial charge < -0.3 is 5.32 Å². The molecule has 1 heterocycles. The average molecular weight is 291 g/mol. The summed E-state index contributed by atoms with van der Waals surface area (Å²) in [5.74, 6) is 0.847. The third-order valence-corrected chi connectivity index (χ3v) is 5.01. The van der Waals surface area contributed by atoms with Gasteiger partial charge in [-0.25, -0.2) is 0 Å². The number of aromatic nitrogens is 2. The molecule has 1 N–H and O–H groups in total. The lowest BCUT2D eigenvalue weighted by Crippen LogP contribution is -2.39. The van der Waals surface area contributed by atoms with E-state index in [1.165, 1.54) is 43.4 Å². The monoisotopic (exact) mass is 291 g/mol. The van der Waals surface area contributed by atoms with Gasteiger partial charge in [-0.2, -0.15) is 5.10 Å². The van der Waals surface area contributed by atoms with Crippen LogP contribution in [0, 0.1) is 19.8 Å². The van der Waals surface area contributed by atoms with Gasteiger partial charge in [-0.1, -0.05) is 19.3 Å². The van der Waals surface area contributed by atoms with Crippen molar-refractivity contribution in [2.24, 2.45) is 13.0 Å². The summed E-state index contributed by atoms with van der Waals surface area (Å²) in [7, 11) is 1.96. The number of carbonyl (C=O) groups is 1. The molecule has 1 aromatic rings. The van der Waals surface area contributed by atoms with Gasteiger partial charge in [0.1, 0.15) is 0 Å². The van der Waals surface area contributed by atoms with E-state index in [9.17, 15) is 4.79 Å². The first-order valence-electron chi connectivity index (χ1n) is 8.27. The maximum atomic E-state index is 12.2. The largest absolute Gasteiger partial charge is 0.353 e. The van der Waals surface area contributed by atoms with Crippen LogP contribution in [0.4, 0.5) is 0 Å². The van der Waals surface area contributed by atoms with Gasteiger partial charge in [-0.15, -0.1) is 0 Å². The van der Waals surface area contributed by atoms with Gasteiger partial charge in [0.25, 0.3) is 0 Å². The molecule has 4 nitrogen and oxygen atoms in total. The SMILES string of the molecule is Cc1nn(C)c(C)c1CCC(=O)N[C@H](C)C1CCCCC1. The molecule has 0 unspecified atom stereocenters. The number of carbonyl (C=O) groups excluding carboxylic acids is 1. The second-order valence-corrected chi connectivity index (χ2v) is 6.53. The van der Waals surface area contributed by atoms with Crippen LogP contribution in [0.25, 0.3) is 0 Å². The highest BCUT2D eigenvalue weighted by Crippen LogP contribution is 2.26. The molecule has 21 heavy (non-hydrogen) atoms.